The van der Waals surface area contributed by atoms with E-state index in [1.165, 1.54) is 18.9 Å². The van der Waals surface area contributed by atoms with Crippen molar-refractivity contribution in [1.82, 2.24) is 9.97 Å². The molecule has 1 heterocycles. The Balaban J connectivity index is 1.57. The zero-order valence-corrected chi connectivity index (χ0v) is 19.1. The van der Waals surface area contributed by atoms with E-state index in [1.807, 2.05) is 60.7 Å². The highest BCUT2D eigenvalue weighted by Gasteiger charge is 2.21. The highest BCUT2D eigenvalue weighted by atomic mass is 32.2. The third kappa shape index (κ3) is 5.15. The monoisotopic (exact) mass is 457 g/mol. The maximum atomic E-state index is 12.9. The van der Waals surface area contributed by atoms with Crippen LogP contribution < -0.4 is 5.32 Å². The second kappa shape index (κ2) is 10.2. The van der Waals surface area contributed by atoms with Gasteiger partial charge in [-0.25, -0.2) is 9.78 Å². The number of methoxy groups -OCH3 is 1. The minimum Gasteiger partial charge on any atom is -0.465 e. The molecular formula is C26H23N3O3S. The Morgan fingerprint density at radius 3 is 2.18 bits per heavy atom. The number of H-pyrrole nitrogens is 1. The number of carbonyl (C=O) groups is 2. The number of hydrogen-bond donors (Lipinski definition) is 2. The number of benzene rings is 3. The maximum Gasteiger partial charge on any atom is 0.339 e. The smallest absolute Gasteiger partial charge is 0.339 e. The van der Waals surface area contributed by atoms with E-state index < -0.39 is 11.2 Å². The molecule has 0 aliphatic carbocycles. The zero-order valence-electron chi connectivity index (χ0n) is 18.2. The van der Waals surface area contributed by atoms with Crippen molar-refractivity contribution >= 4 is 29.3 Å². The lowest BCUT2D eigenvalue weighted by Crippen LogP contribution is -2.23. The van der Waals surface area contributed by atoms with Crippen molar-refractivity contribution in [1.29, 1.82) is 0 Å². The highest BCUT2D eigenvalue weighted by Crippen LogP contribution is 2.34. The number of imidazole rings is 1. The molecule has 33 heavy (non-hydrogen) atoms. The van der Waals surface area contributed by atoms with Gasteiger partial charge in [0.2, 0.25) is 5.91 Å². The molecule has 3 aromatic carbocycles. The van der Waals surface area contributed by atoms with Crippen molar-refractivity contribution in [3.63, 3.8) is 0 Å². The molecule has 0 aliphatic rings. The van der Waals surface area contributed by atoms with Crippen LogP contribution >= 0.6 is 11.8 Å². The Hall–Kier alpha value is -3.84. The Morgan fingerprint density at radius 1 is 0.909 bits per heavy atom. The van der Waals surface area contributed by atoms with Crippen LogP contribution in [0.1, 0.15) is 17.3 Å². The molecule has 1 unspecified atom stereocenters. The first-order chi connectivity index (χ1) is 16.1. The normalized spacial score (nSPS) is 11.6. The Labute approximate surface area is 196 Å². The average molecular weight is 458 g/mol. The fourth-order valence-corrected chi connectivity index (χ4v) is 4.17. The lowest BCUT2D eigenvalue weighted by molar-refractivity contribution is -0.115. The van der Waals surface area contributed by atoms with Crippen molar-refractivity contribution in [2.75, 3.05) is 12.4 Å². The van der Waals surface area contributed by atoms with Gasteiger partial charge >= 0.3 is 5.97 Å². The van der Waals surface area contributed by atoms with Gasteiger partial charge < -0.3 is 15.0 Å². The largest absolute Gasteiger partial charge is 0.465 e. The van der Waals surface area contributed by atoms with Gasteiger partial charge in [-0.15, -0.1) is 0 Å². The predicted octanol–water partition coefficient (Wildman–Crippen LogP) is 5.65. The average Bonchev–Trinajstić information content (AvgIpc) is 3.28. The van der Waals surface area contributed by atoms with Gasteiger partial charge in [0, 0.05) is 11.1 Å². The third-order valence-corrected chi connectivity index (χ3v) is 6.02. The molecule has 0 spiro atoms. The van der Waals surface area contributed by atoms with Gasteiger partial charge in [-0.2, -0.15) is 0 Å². The summed E-state index contributed by atoms with van der Waals surface area (Å²) in [7, 11) is 1.31. The van der Waals surface area contributed by atoms with Gasteiger partial charge in [-0.05, 0) is 19.1 Å². The van der Waals surface area contributed by atoms with E-state index in [0.717, 1.165) is 22.5 Å². The Bertz CT molecular complexity index is 1200. The van der Waals surface area contributed by atoms with E-state index in [4.69, 9.17) is 9.72 Å². The number of nitrogens with zero attached hydrogens (tertiary/aromatic N) is 1. The fourth-order valence-electron chi connectivity index (χ4n) is 3.36. The van der Waals surface area contributed by atoms with Gasteiger partial charge in [0.05, 0.1) is 35.0 Å². The lowest BCUT2D eigenvalue weighted by Gasteiger charge is -2.13. The fraction of sp³-hybridized carbons (Fsp3) is 0.115. The van der Waals surface area contributed by atoms with Crippen LogP contribution in [0.4, 0.5) is 5.69 Å². The van der Waals surface area contributed by atoms with Crippen molar-refractivity contribution in [3.8, 4) is 22.5 Å². The molecule has 4 aromatic rings. The molecule has 0 aliphatic heterocycles. The maximum absolute atomic E-state index is 12.9. The molecule has 0 fully saturated rings. The van der Waals surface area contributed by atoms with Gasteiger partial charge in [0.15, 0.2) is 5.16 Å². The van der Waals surface area contributed by atoms with E-state index in [2.05, 4.69) is 10.3 Å². The summed E-state index contributed by atoms with van der Waals surface area (Å²) in [5, 5.41) is 3.00. The molecule has 1 amide bonds. The van der Waals surface area contributed by atoms with E-state index in [9.17, 15) is 9.59 Å². The molecule has 7 heteroatoms. The summed E-state index contributed by atoms with van der Waals surface area (Å²) in [4.78, 5) is 33.1. The lowest BCUT2D eigenvalue weighted by atomic mass is 10.1. The summed E-state index contributed by atoms with van der Waals surface area (Å²) in [6.07, 6.45) is 0. The van der Waals surface area contributed by atoms with E-state index in [-0.39, 0.29) is 5.91 Å². The molecule has 1 atom stereocenters. The number of para-hydroxylation sites is 1. The number of amides is 1. The van der Waals surface area contributed by atoms with Crippen LogP contribution in [0.15, 0.2) is 90.1 Å². The first-order valence-electron chi connectivity index (χ1n) is 10.4. The Morgan fingerprint density at radius 2 is 1.52 bits per heavy atom. The van der Waals surface area contributed by atoms with Crippen LogP contribution in [0.2, 0.25) is 0 Å². The van der Waals surface area contributed by atoms with Gasteiger partial charge in [0.25, 0.3) is 0 Å². The van der Waals surface area contributed by atoms with Crippen molar-refractivity contribution < 1.29 is 14.3 Å². The van der Waals surface area contributed by atoms with Gasteiger partial charge in [-0.1, -0.05) is 84.6 Å². The highest BCUT2D eigenvalue weighted by molar-refractivity contribution is 8.00. The quantitative estimate of drug-likeness (QED) is 0.277. The SMILES string of the molecule is COC(=O)c1ccccc1NC(=O)C(C)Sc1nc(-c2ccccc2)c(-c2ccccc2)[nH]1. The molecule has 0 saturated heterocycles. The summed E-state index contributed by atoms with van der Waals surface area (Å²) >= 11 is 1.32. The van der Waals surface area contributed by atoms with Gasteiger partial charge in [-0.3, -0.25) is 4.79 Å². The van der Waals surface area contributed by atoms with Crippen molar-refractivity contribution in [2.45, 2.75) is 17.3 Å². The second-order valence-electron chi connectivity index (χ2n) is 7.28. The summed E-state index contributed by atoms with van der Waals surface area (Å²) in [6, 6.07) is 26.7. The summed E-state index contributed by atoms with van der Waals surface area (Å²) in [6.45, 7) is 1.80. The van der Waals surface area contributed by atoms with Crippen LogP contribution in [0, 0.1) is 0 Å². The number of ether oxygens (including phenoxy) is 1. The number of aromatic amines is 1. The molecule has 0 bridgehead atoms. The predicted molar refractivity (Wildman–Crippen MR) is 131 cm³/mol. The second-order valence-corrected chi connectivity index (χ2v) is 8.61. The van der Waals surface area contributed by atoms with E-state index in [0.29, 0.717) is 16.4 Å². The molecule has 0 radical (unpaired) electrons. The van der Waals surface area contributed by atoms with Crippen molar-refractivity contribution in [3.05, 3.63) is 90.5 Å². The first-order valence-corrected chi connectivity index (χ1v) is 11.3. The minimum absolute atomic E-state index is 0.240. The van der Waals surface area contributed by atoms with Gasteiger partial charge in [0.1, 0.15) is 0 Å². The molecule has 1 aromatic heterocycles. The number of esters is 1. The minimum atomic E-state index is -0.503. The van der Waals surface area contributed by atoms with E-state index in [1.54, 1.807) is 31.2 Å². The first kappa shape index (κ1) is 22.4. The number of hydrogen-bond acceptors (Lipinski definition) is 5. The van der Waals surface area contributed by atoms with Crippen molar-refractivity contribution in [2.24, 2.45) is 0 Å². The standard InChI is InChI=1S/C26H23N3O3S/c1-17(24(30)27-21-16-10-9-15-20(21)25(31)32-2)33-26-28-22(18-11-5-3-6-12-18)23(29-26)19-13-7-4-8-14-19/h3-17H,1-2H3,(H,27,30)(H,28,29). The zero-order chi connectivity index (χ0) is 23.2. The third-order valence-electron chi connectivity index (χ3n) is 5.04. The van der Waals surface area contributed by atoms with E-state index >= 15 is 0 Å². The van der Waals surface area contributed by atoms with Crippen LogP contribution in [0.25, 0.3) is 22.5 Å². The molecule has 6 nitrogen and oxygen atoms in total. The summed E-state index contributed by atoms with van der Waals surface area (Å²) in [5.41, 5.74) is 4.45. The number of thioether (sulfide) groups is 1. The molecule has 4 rings (SSSR count). The van der Waals surface area contributed by atoms with Crippen LogP contribution in [-0.4, -0.2) is 34.2 Å². The Kier molecular flexibility index (Phi) is 6.90. The number of aromatic nitrogens is 2. The number of carbonyl (C=O) groups excluding carboxylic acids is 2. The van der Waals surface area contributed by atoms with Crippen LogP contribution in [0.3, 0.4) is 0 Å². The topological polar surface area (TPSA) is 84.1 Å². The van der Waals surface area contributed by atoms with Crippen LogP contribution in [0.5, 0.6) is 0 Å². The molecular weight excluding hydrogens is 434 g/mol. The summed E-state index contributed by atoms with van der Waals surface area (Å²) < 4.78 is 4.80. The summed E-state index contributed by atoms with van der Waals surface area (Å²) in [5.74, 6) is -0.743. The number of nitrogens with one attached hydrogen (secondary N) is 2. The number of anilines is 1. The van der Waals surface area contributed by atoms with Crippen LogP contribution in [-0.2, 0) is 9.53 Å². The number of rotatable bonds is 7. The molecule has 2 N–H and O–H groups in total. The molecule has 0 saturated carbocycles. The molecule has 166 valence electrons.